The Balaban J connectivity index is 2.53. The number of hydrogen-bond acceptors (Lipinski definition) is 4. The predicted octanol–water partition coefficient (Wildman–Crippen LogP) is -1.64. The topological polar surface area (TPSA) is 75.7 Å². The Morgan fingerprint density at radius 2 is 2.20 bits per heavy atom. The van der Waals surface area contributed by atoms with Gasteiger partial charge in [0.15, 0.2) is 6.17 Å². The van der Waals surface area contributed by atoms with E-state index >= 15 is 0 Å². The molecule has 1 rings (SSSR count). The molecule has 5 heteroatoms. The maximum absolute atomic E-state index is 12.5. The first-order valence-corrected chi connectivity index (χ1v) is 3.01. The molecule has 0 aromatic heterocycles. The molecule has 0 amide bonds. The van der Waals surface area contributed by atoms with Gasteiger partial charge in [-0.3, -0.25) is 0 Å². The minimum atomic E-state index is -1.59. The molecule has 60 valence electrons. The standard InChI is InChI=1S/C5H10FNO3/c6-3-4(9)2(1-8)10-5(3)7/h2-5,8-9H,1,7H2/t2-,3-,4-,5+/m1/s1. The fourth-order valence-corrected chi connectivity index (χ4v) is 0.908. The molecule has 0 bridgehead atoms. The summed E-state index contributed by atoms with van der Waals surface area (Å²) in [4.78, 5) is 0. The van der Waals surface area contributed by atoms with Crippen LogP contribution in [0.3, 0.4) is 0 Å². The van der Waals surface area contributed by atoms with Crippen LogP contribution in [0.15, 0.2) is 0 Å². The van der Waals surface area contributed by atoms with E-state index in [0.717, 1.165) is 0 Å². The van der Waals surface area contributed by atoms with Gasteiger partial charge in [-0.2, -0.15) is 0 Å². The monoisotopic (exact) mass is 151 g/mol. The summed E-state index contributed by atoms with van der Waals surface area (Å²) in [5, 5.41) is 17.4. The Labute approximate surface area is 57.4 Å². The Morgan fingerprint density at radius 3 is 2.40 bits per heavy atom. The molecule has 4 N–H and O–H groups in total. The third-order valence-corrected chi connectivity index (χ3v) is 1.53. The van der Waals surface area contributed by atoms with Crippen LogP contribution in [-0.2, 0) is 4.74 Å². The molecule has 0 spiro atoms. The van der Waals surface area contributed by atoms with Crippen molar-refractivity contribution in [1.82, 2.24) is 0 Å². The third-order valence-electron chi connectivity index (χ3n) is 1.53. The van der Waals surface area contributed by atoms with Crippen molar-refractivity contribution < 1.29 is 19.3 Å². The molecule has 0 aromatic carbocycles. The first-order valence-electron chi connectivity index (χ1n) is 3.01. The molecule has 1 fully saturated rings. The molecule has 4 nitrogen and oxygen atoms in total. The van der Waals surface area contributed by atoms with E-state index in [2.05, 4.69) is 4.74 Å². The Morgan fingerprint density at radius 1 is 1.60 bits per heavy atom. The van der Waals surface area contributed by atoms with Crippen LogP contribution in [0.2, 0.25) is 0 Å². The fourth-order valence-electron chi connectivity index (χ4n) is 0.908. The van der Waals surface area contributed by atoms with Gasteiger partial charge in [-0.15, -0.1) is 0 Å². The number of aliphatic hydroxyl groups excluding tert-OH is 2. The highest BCUT2D eigenvalue weighted by molar-refractivity contribution is 4.87. The largest absolute Gasteiger partial charge is 0.394 e. The molecule has 0 unspecified atom stereocenters. The minimum absolute atomic E-state index is 0.407. The second-order valence-corrected chi connectivity index (χ2v) is 2.26. The van der Waals surface area contributed by atoms with Gasteiger partial charge >= 0.3 is 0 Å². The smallest absolute Gasteiger partial charge is 0.168 e. The summed E-state index contributed by atoms with van der Waals surface area (Å²) in [5.74, 6) is 0. The van der Waals surface area contributed by atoms with Gasteiger partial charge in [0.25, 0.3) is 0 Å². The number of halogens is 1. The van der Waals surface area contributed by atoms with Gasteiger partial charge in [0.2, 0.25) is 0 Å². The van der Waals surface area contributed by atoms with E-state index in [0.29, 0.717) is 0 Å². The number of ether oxygens (including phenoxy) is 1. The number of alkyl halides is 1. The first kappa shape index (κ1) is 7.87. The van der Waals surface area contributed by atoms with E-state index in [9.17, 15) is 4.39 Å². The average Bonchev–Trinajstić information content (AvgIpc) is 2.17. The quantitative estimate of drug-likeness (QED) is 0.420. The van der Waals surface area contributed by atoms with Gasteiger partial charge < -0.3 is 20.7 Å². The summed E-state index contributed by atoms with van der Waals surface area (Å²) >= 11 is 0. The zero-order chi connectivity index (χ0) is 7.72. The molecule has 10 heavy (non-hydrogen) atoms. The van der Waals surface area contributed by atoms with Crippen LogP contribution >= 0.6 is 0 Å². The molecule has 0 aromatic rings. The van der Waals surface area contributed by atoms with Crippen LogP contribution in [-0.4, -0.2) is 41.4 Å². The summed E-state index contributed by atoms with van der Waals surface area (Å²) < 4.78 is 17.2. The minimum Gasteiger partial charge on any atom is -0.394 e. The van der Waals surface area contributed by atoms with Crippen molar-refractivity contribution >= 4 is 0 Å². The lowest BCUT2D eigenvalue weighted by Gasteiger charge is -2.08. The van der Waals surface area contributed by atoms with Crippen molar-refractivity contribution in [3.05, 3.63) is 0 Å². The van der Waals surface area contributed by atoms with E-state index in [-0.39, 0.29) is 0 Å². The predicted molar refractivity (Wildman–Crippen MR) is 30.8 cm³/mol. The van der Waals surface area contributed by atoms with E-state index < -0.39 is 31.2 Å². The van der Waals surface area contributed by atoms with Gasteiger partial charge in [-0.1, -0.05) is 0 Å². The van der Waals surface area contributed by atoms with Crippen molar-refractivity contribution in [3.63, 3.8) is 0 Å². The maximum atomic E-state index is 12.5. The number of aliphatic hydroxyl groups is 2. The number of hydrogen-bond donors (Lipinski definition) is 3. The second kappa shape index (κ2) is 2.79. The van der Waals surface area contributed by atoms with Gasteiger partial charge in [0, 0.05) is 0 Å². The van der Waals surface area contributed by atoms with E-state index in [1.807, 2.05) is 0 Å². The molecule has 1 aliphatic rings. The van der Waals surface area contributed by atoms with E-state index in [1.165, 1.54) is 0 Å². The zero-order valence-corrected chi connectivity index (χ0v) is 5.27. The SMILES string of the molecule is N[C@H]1O[C@H](CO)[C@@H](O)[C@H]1F. The fraction of sp³-hybridized carbons (Fsp3) is 1.00. The zero-order valence-electron chi connectivity index (χ0n) is 5.27. The van der Waals surface area contributed by atoms with Crippen LogP contribution in [0.5, 0.6) is 0 Å². The Hall–Kier alpha value is -0.230. The Bertz CT molecular complexity index is 123. The first-order chi connectivity index (χ1) is 4.66. The molecule has 1 saturated heterocycles. The molecule has 0 radical (unpaired) electrons. The molecule has 1 heterocycles. The summed E-state index contributed by atoms with van der Waals surface area (Å²) in [6.45, 7) is -0.407. The lowest BCUT2D eigenvalue weighted by Crippen LogP contribution is -2.33. The highest BCUT2D eigenvalue weighted by atomic mass is 19.1. The molecule has 4 atom stereocenters. The van der Waals surface area contributed by atoms with Crippen molar-refractivity contribution in [2.24, 2.45) is 5.73 Å². The van der Waals surface area contributed by atoms with Crippen molar-refractivity contribution in [2.75, 3.05) is 6.61 Å². The molecule has 1 aliphatic heterocycles. The second-order valence-electron chi connectivity index (χ2n) is 2.26. The number of rotatable bonds is 1. The summed E-state index contributed by atoms with van der Waals surface area (Å²) in [6.07, 6.45) is -4.85. The molecule has 0 aliphatic carbocycles. The average molecular weight is 151 g/mol. The highest BCUT2D eigenvalue weighted by Gasteiger charge is 2.41. The maximum Gasteiger partial charge on any atom is 0.168 e. The molecular formula is C5H10FNO3. The van der Waals surface area contributed by atoms with Crippen LogP contribution in [0.4, 0.5) is 4.39 Å². The summed E-state index contributed by atoms with van der Waals surface area (Å²) in [6, 6.07) is 0. The number of nitrogens with two attached hydrogens (primary N) is 1. The van der Waals surface area contributed by atoms with Crippen molar-refractivity contribution in [2.45, 2.75) is 24.6 Å². The normalized spacial score (nSPS) is 48.0. The summed E-state index contributed by atoms with van der Waals surface area (Å²) in [7, 11) is 0. The van der Waals surface area contributed by atoms with Crippen LogP contribution < -0.4 is 5.73 Å². The van der Waals surface area contributed by atoms with Crippen LogP contribution in [0.25, 0.3) is 0 Å². The molecule has 0 saturated carbocycles. The van der Waals surface area contributed by atoms with Crippen molar-refractivity contribution in [3.8, 4) is 0 Å². The molecular weight excluding hydrogens is 141 g/mol. The highest BCUT2D eigenvalue weighted by Crippen LogP contribution is 2.20. The van der Waals surface area contributed by atoms with Crippen LogP contribution in [0.1, 0.15) is 0 Å². The van der Waals surface area contributed by atoms with Gasteiger partial charge in [0.1, 0.15) is 18.4 Å². The summed E-state index contributed by atoms with van der Waals surface area (Å²) in [5.41, 5.74) is 5.07. The van der Waals surface area contributed by atoms with Gasteiger partial charge in [0.05, 0.1) is 6.61 Å². The van der Waals surface area contributed by atoms with Crippen LogP contribution in [0, 0.1) is 0 Å². The van der Waals surface area contributed by atoms with Gasteiger partial charge in [-0.25, -0.2) is 4.39 Å². The lowest BCUT2D eigenvalue weighted by atomic mass is 10.2. The van der Waals surface area contributed by atoms with E-state index in [4.69, 9.17) is 15.9 Å². The third kappa shape index (κ3) is 1.13. The van der Waals surface area contributed by atoms with Crippen molar-refractivity contribution in [1.29, 1.82) is 0 Å². The van der Waals surface area contributed by atoms with E-state index in [1.54, 1.807) is 0 Å². The lowest BCUT2D eigenvalue weighted by molar-refractivity contribution is -0.0200. The Kier molecular flexibility index (Phi) is 2.20. The van der Waals surface area contributed by atoms with Gasteiger partial charge in [-0.05, 0) is 0 Å².